The highest BCUT2D eigenvalue weighted by molar-refractivity contribution is 7.20. The molecule has 1 unspecified atom stereocenters. The molecule has 0 saturated carbocycles. The molecular formula is C28H28FN7O2S. The van der Waals surface area contributed by atoms with Gasteiger partial charge >= 0.3 is 0 Å². The van der Waals surface area contributed by atoms with E-state index >= 15 is 0 Å². The lowest BCUT2D eigenvalue weighted by atomic mass is 10.00. The van der Waals surface area contributed by atoms with Gasteiger partial charge < -0.3 is 15.5 Å². The van der Waals surface area contributed by atoms with Crippen LogP contribution in [0.25, 0.3) is 15.8 Å². The molecule has 4 aromatic rings. The Labute approximate surface area is 229 Å². The largest absolute Gasteiger partial charge is 0.354 e. The average molecular weight is 546 g/mol. The maximum Gasteiger partial charge on any atom is 0.265 e. The number of thiophene rings is 1. The number of carbonyl (C=O) groups is 2. The van der Waals surface area contributed by atoms with Gasteiger partial charge in [0.2, 0.25) is 0 Å². The zero-order valence-electron chi connectivity index (χ0n) is 21.9. The lowest BCUT2D eigenvalue weighted by Gasteiger charge is -2.32. The van der Waals surface area contributed by atoms with Gasteiger partial charge in [0.1, 0.15) is 17.7 Å². The maximum atomic E-state index is 15.0. The molecule has 0 bridgehead atoms. The molecule has 1 aliphatic heterocycles. The minimum atomic E-state index is -0.744. The number of hydrazine groups is 1. The van der Waals surface area contributed by atoms with Crippen LogP contribution in [0, 0.1) is 12.7 Å². The second-order valence-electron chi connectivity index (χ2n) is 9.55. The summed E-state index contributed by atoms with van der Waals surface area (Å²) in [5.41, 5.74) is 5.53. The van der Waals surface area contributed by atoms with Gasteiger partial charge in [-0.1, -0.05) is 18.2 Å². The molecule has 11 heteroatoms. The zero-order chi connectivity index (χ0) is 27.7. The smallest absolute Gasteiger partial charge is 0.265 e. The highest BCUT2D eigenvalue weighted by Gasteiger charge is 2.28. The van der Waals surface area contributed by atoms with Gasteiger partial charge in [0.25, 0.3) is 11.8 Å². The quantitative estimate of drug-likeness (QED) is 0.319. The minimum absolute atomic E-state index is 0.0908. The van der Waals surface area contributed by atoms with Gasteiger partial charge in [-0.2, -0.15) is 5.10 Å². The first-order valence-electron chi connectivity index (χ1n) is 12.3. The standard InChI is InChI=1S/C28H28FN7O2S/c1-16-19(10-11-20(29)26(16)31-28(38)24-13-17-7-5-6-8-23(17)39-24)22-14-21(27(37)34-36(22)4)30-25-12-9-18(32-33-25)15-35(2)3/h5-14,21H,15H2,1-4H3,(H,30,33)(H,31,38)(H,34,37). The first-order valence-corrected chi connectivity index (χ1v) is 13.1. The predicted octanol–water partition coefficient (Wildman–Crippen LogP) is 4.25. The van der Waals surface area contributed by atoms with Crippen molar-refractivity contribution in [3.63, 3.8) is 0 Å². The highest BCUT2D eigenvalue weighted by Crippen LogP contribution is 2.32. The zero-order valence-corrected chi connectivity index (χ0v) is 22.8. The molecule has 2 aromatic heterocycles. The number of amides is 2. The second-order valence-corrected chi connectivity index (χ2v) is 10.6. The van der Waals surface area contributed by atoms with E-state index < -0.39 is 11.9 Å². The number of rotatable bonds is 7. The minimum Gasteiger partial charge on any atom is -0.354 e. The van der Waals surface area contributed by atoms with E-state index in [9.17, 15) is 14.0 Å². The van der Waals surface area contributed by atoms with Crippen molar-refractivity contribution in [3.8, 4) is 0 Å². The number of nitrogens with one attached hydrogen (secondary N) is 3. The maximum absolute atomic E-state index is 15.0. The van der Waals surface area contributed by atoms with Crippen molar-refractivity contribution in [2.75, 3.05) is 31.8 Å². The topological polar surface area (TPSA) is 102 Å². The summed E-state index contributed by atoms with van der Waals surface area (Å²) in [6.45, 7) is 2.39. The summed E-state index contributed by atoms with van der Waals surface area (Å²) in [5.74, 6) is -0.759. The molecule has 3 N–H and O–H groups in total. The molecule has 0 spiro atoms. The number of benzene rings is 2. The first-order chi connectivity index (χ1) is 18.7. The van der Waals surface area contributed by atoms with Crippen molar-refractivity contribution in [1.29, 1.82) is 0 Å². The number of fused-ring (bicyclic) bond motifs is 1. The Hall–Kier alpha value is -4.35. The van der Waals surface area contributed by atoms with Gasteiger partial charge in [-0.15, -0.1) is 16.4 Å². The number of aromatic nitrogens is 2. The Bertz CT molecular complexity index is 1550. The Kier molecular flexibility index (Phi) is 7.27. The van der Waals surface area contributed by atoms with E-state index in [1.165, 1.54) is 17.4 Å². The van der Waals surface area contributed by atoms with Crippen LogP contribution in [-0.4, -0.2) is 59.1 Å². The third-order valence-corrected chi connectivity index (χ3v) is 7.44. The molecule has 2 amide bonds. The number of anilines is 2. The summed E-state index contributed by atoms with van der Waals surface area (Å²) in [4.78, 5) is 28.3. The fourth-order valence-electron chi connectivity index (χ4n) is 4.40. The summed E-state index contributed by atoms with van der Waals surface area (Å²) >= 11 is 1.35. The Balaban J connectivity index is 1.41. The van der Waals surface area contributed by atoms with Crippen molar-refractivity contribution in [2.24, 2.45) is 0 Å². The molecule has 2 aromatic carbocycles. The van der Waals surface area contributed by atoms with Crippen LogP contribution >= 0.6 is 11.3 Å². The fraction of sp³-hybridized carbons (Fsp3) is 0.214. The molecule has 1 atom stereocenters. The Morgan fingerprint density at radius 2 is 1.95 bits per heavy atom. The van der Waals surface area contributed by atoms with Gasteiger partial charge in [0.05, 0.1) is 22.0 Å². The van der Waals surface area contributed by atoms with Crippen LogP contribution in [0.1, 0.15) is 26.5 Å². The lowest BCUT2D eigenvalue weighted by Crippen LogP contribution is -2.50. The van der Waals surface area contributed by atoms with E-state index in [4.69, 9.17) is 0 Å². The van der Waals surface area contributed by atoms with Gasteiger partial charge in [0.15, 0.2) is 0 Å². The summed E-state index contributed by atoms with van der Waals surface area (Å²) in [7, 11) is 5.59. The van der Waals surface area contributed by atoms with Crippen LogP contribution in [0.5, 0.6) is 0 Å². The van der Waals surface area contributed by atoms with E-state index in [2.05, 4.69) is 26.3 Å². The average Bonchev–Trinajstić information content (AvgIpc) is 3.34. The van der Waals surface area contributed by atoms with E-state index in [1.807, 2.05) is 49.3 Å². The molecule has 0 radical (unpaired) electrons. The third-order valence-electron chi connectivity index (χ3n) is 6.33. The SMILES string of the molecule is Cc1c(C2=CC(Nc3ccc(CN(C)C)nn3)C(=O)NN2C)ccc(F)c1NC(=O)c1cc2ccccc2s1. The van der Waals surface area contributed by atoms with Crippen molar-refractivity contribution < 1.29 is 14.0 Å². The van der Waals surface area contributed by atoms with Crippen molar-refractivity contribution in [2.45, 2.75) is 19.5 Å². The number of hydrogen-bond donors (Lipinski definition) is 3. The van der Waals surface area contributed by atoms with Crippen LogP contribution in [-0.2, 0) is 11.3 Å². The van der Waals surface area contributed by atoms with Crippen LogP contribution < -0.4 is 16.1 Å². The van der Waals surface area contributed by atoms with Gasteiger partial charge in [-0.3, -0.25) is 20.0 Å². The summed E-state index contributed by atoms with van der Waals surface area (Å²) in [6, 6.07) is 15.3. The van der Waals surface area contributed by atoms with E-state index in [0.29, 0.717) is 34.1 Å². The fourth-order valence-corrected chi connectivity index (χ4v) is 5.36. The Morgan fingerprint density at radius 3 is 2.67 bits per heavy atom. The predicted molar refractivity (Wildman–Crippen MR) is 152 cm³/mol. The van der Waals surface area contributed by atoms with Gasteiger partial charge in [0, 0.05) is 23.9 Å². The van der Waals surface area contributed by atoms with Crippen molar-refractivity contribution in [1.82, 2.24) is 25.5 Å². The van der Waals surface area contributed by atoms with E-state index in [0.717, 1.165) is 15.8 Å². The summed E-state index contributed by atoms with van der Waals surface area (Å²) in [6.07, 6.45) is 1.74. The van der Waals surface area contributed by atoms with Crippen molar-refractivity contribution in [3.05, 3.63) is 88.2 Å². The first kappa shape index (κ1) is 26.3. The Morgan fingerprint density at radius 1 is 1.15 bits per heavy atom. The molecular weight excluding hydrogens is 517 g/mol. The number of halogens is 1. The van der Waals surface area contributed by atoms with E-state index in [1.54, 1.807) is 43.3 Å². The van der Waals surface area contributed by atoms with Gasteiger partial charge in [-0.05, 0) is 74.4 Å². The number of nitrogens with zero attached hydrogens (tertiary/aromatic N) is 4. The van der Waals surface area contributed by atoms with Crippen LogP contribution in [0.2, 0.25) is 0 Å². The highest BCUT2D eigenvalue weighted by atomic mass is 32.1. The second kappa shape index (κ2) is 10.8. The molecule has 0 aliphatic carbocycles. The molecule has 5 rings (SSSR count). The van der Waals surface area contributed by atoms with Gasteiger partial charge in [-0.25, -0.2) is 4.39 Å². The molecule has 1 aliphatic rings. The van der Waals surface area contributed by atoms with E-state index in [-0.39, 0.29) is 17.5 Å². The number of carbonyl (C=O) groups excluding carboxylic acids is 2. The molecule has 0 saturated heterocycles. The monoisotopic (exact) mass is 545 g/mol. The lowest BCUT2D eigenvalue weighted by molar-refractivity contribution is -0.124. The third kappa shape index (κ3) is 5.59. The molecule has 3 heterocycles. The molecule has 39 heavy (non-hydrogen) atoms. The van der Waals surface area contributed by atoms with Crippen LogP contribution in [0.3, 0.4) is 0 Å². The molecule has 0 fully saturated rings. The van der Waals surface area contributed by atoms with Crippen molar-refractivity contribution >= 4 is 50.4 Å². The number of hydrogen-bond acceptors (Lipinski definition) is 8. The van der Waals surface area contributed by atoms with Crippen LogP contribution in [0.15, 0.2) is 60.7 Å². The van der Waals surface area contributed by atoms with Crippen LogP contribution in [0.4, 0.5) is 15.9 Å². The normalized spacial score (nSPS) is 15.3. The summed E-state index contributed by atoms with van der Waals surface area (Å²) < 4.78 is 15.9. The molecule has 200 valence electrons. The summed E-state index contributed by atoms with van der Waals surface area (Å²) in [5, 5.41) is 16.8. The molecule has 9 nitrogen and oxygen atoms in total.